The van der Waals surface area contributed by atoms with Crippen molar-refractivity contribution in [3.8, 4) is 0 Å². The molecule has 0 aromatic rings. The lowest BCUT2D eigenvalue weighted by molar-refractivity contribution is 0.0532. The maximum Gasteiger partial charge on any atom is 0.0701 e. The van der Waals surface area contributed by atoms with Gasteiger partial charge in [-0.25, -0.2) is 0 Å². The average Bonchev–Trinajstić information content (AvgIpc) is 2.22. The molecule has 0 bridgehead atoms. The summed E-state index contributed by atoms with van der Waals surface area (Å²) in [7, 11) is 0. The summed E-state index contributed by atoms with van der Waals surface area (Å²) in [5.74, 6) is 0. The van der Waals surface area contributed by atoms with Gasteiger partial charge in [-0.1, -0.05) is 13.8 Å². The van der Waals surface area contributed by atoms with Gasteiger partial charge < -0.3 is 14.8 Å². The minimum Gasteiger partial charge on any atom is -0.379 e. The van der Waals surface area contributed by atoms with Crippen molar-refractivity contribution in [1.82, 2.24) is 5.32 Å². The third kappa shape index (κ3) is 8.48. The number of nitrogens with one attached hydrogen (secondary N) is 1. The largest absolute Gasteiger partial charge is 0.379 e. The summed E-state index contributed by atoms with van der Waals surface area (Å²) >= 11 is 0. The summed E-state index contributed by atoms with van der Waals surface area (Å²) < 4.78 is 10.5. The summed E-state index contributed by atoms with van der Waals surface area (Å²) in [5, 5.41) is 3.44. The van der Waals surface area contributed by atoms with Crippen molar-refractivity contribution in [2.24, 2.45) is 0 Å². The van der Waals surface area contributed by atoms with Crippen molar-refractivity contribution >= 4 is 0 Å². The van der Waals surface area contributed by atoms with Gasteiger partial charge in [-0.15, -0.1) is 0 Å². The van der Waals surface area contributed by atoms with Crippen molar-refractivity contribution in [1.29, 1.82) is 0 Å². The zero-order valence-corrected chi connectivity index (χ0v) is 9.84. The first-order valence-corrected chi connectivity index (χ1v) is 5.73. The van der Waals surface area contributed by atoms with Crippen LogP contribution >= 0.6 is 0 Å². The molecule has 86 valence electrons. The number of hydrogen-bond donors (Lipinski definition) is 1. The van der Waals surface area contributed by atoms with Gasteiger partial charge in [-0.3, -0.25) is 0 Å². The molecule has 14 heavy (non-hydrogen) atoms. The van der Waals surface area contributed by atoms with Gasteiger partial charge in [0.1, 0.15) is 0 Å². The molecular formula is C11H25NO2. The molecule has 3 nitrogen and oxygen atoms in total. The van der Waals surface area contributed by atoms with Crippen molar-refractivity contribution in [3.05, 3.63) is 0 Å². The van der Waals surface area contributed by atoms with Gasteiger partial charge in [0.05, 0.1) is 19.8 Å². The highest BCUT2D eigenvalue weighted by Crippen LogP contribution is 1.94. The second-order valence-electron chi connectivity index (χ2n) is 3.28. The van der Waals surface area contributed by atoms with E-state index in [4.69, 9.17) is 9.47 Å². The predicted octanol–water partition coefficient (Wildman–Crippen LogP) is 1.82. The molecular weight excluding hydrogens is 178 g/mol. The highest BCUT2D eigenvalue weighted by Gasteiger charge is 2.00. The van der Waals surface area contributed by atoms with E-state index in [1.54, 1.807) is 0 Å². The molecule has 3 heteroatoms. The molecule has 0 rings (SSSR count). The Morgan fingerprint density at radius 3 is 2.14 bits per heavy atom. The first kappa shape index (κ1) is 13.9. The Balaban J connectivity index is 3.04. The van der Waals surface area contributed by atoms with E-state index < -0.39 is 0 Å². The van der Waals surface area contributed by atoms with Crippen LogP contribution in [0, 0.1) is 0 Å². The van der Waals surface area contributed by atoms with Crippen LogP contribution in [0.3, 0.4) is 0 Å². The lowest BCUT2D eigenvalue weighted by Gasteiger charge is -2.14. The second kappa shape index (κ2) is 11.0. The van der Waals surface area contributed by atoms with E-state index in [-0.39, 0.29) is 0 Å². The lowest BCUT2D eigenvalue weighted by atomic mass is 10.2. The average molecular weight is 203 g/mol. The van der Waals surface area contributed by atoms with Crippen molar-refractivity contribution in [3.63, 3.8) is 0 Å². The Kier molecular flexibility index (Phi) is 10.9. The number of ether oxygens (including phenoxy) is 2. The van der Waals surface area contributed by atoms with Crippen LogP contribution in [-0.4, -0.2) is 39.0 Å². The zero-order valence-electron chi connectivity index (χ0n) is 9.84. The number of hydrogen-bond acceptors (Lipinski definition) is 3. The molecule has 1 N–H and O–H groups in total. The van der Waals surface area contributed by atoms with E-state index in [9.17, 15) is 0 Å². The summed E-state index contributed by atoms with van der Waals surface area (Å²) in [6.07, 6.45) is 2.38. The predicted molar refractivity (Wildman–Crippen MR) is 59.7 cm³/mol. The molecule has 0 aliphatic heterocycles. The van der Waals surface area contributed by atoms with Crippen LogP contribution in [0.2, 0.25) is 0 Å². The van der Waals surface area contributed by atoms with Crippen LogP contribution in [0.4, 0.5) is 0 Å². The highest BCUT2D eigenvalue weighted by atomic mass is 16.5. The summed E-state index contributed by atoms with van der Waals surface area (Å²) in [5.41, 5.74) is 0. The molecule has 0 aromatic carbocycles. The molecule has 0 atom stereocenters. The standard InChI is InChI=1S/C11H25NO2/c1-4-11(5-2)12-7-8-14-10-9-13-6-3/h11-12H,4-10H2,1-3H3. The van der Waals surface area contributed by atoms with E-state index in [0.717, 1.165) is 19.8 Å². The zero-order chi connectivity index (χ0) is 10.6. The highest BCUT2D eigenvalue weighted by molar-refractivity contribution is 4.61. The Bertz CT molecular complexity index is 105. The van der Waals surface area contributed by atoms with E-state index in [2.05, 4.69) is 19.2 Å². The first-order valence-electron chi connectivity index (χ1n) is 5.73. The van der Waals surface area contributed by atoms with Crippen LogP contribution < -0.4 is 5.32 Å². The van der Waals surface area contributed by atoms with Gasteiger partial charge in [0.25, 0.3) is 0 Å². The molecule has 0 heterocycles. The maximum atomic E-state index is 5.39. The lowest BCUT2D eigenvalue weighted by Crippen LogP contribution is -2.31. The Hall–Kier alpha value is -0.120. The Morgan fingerprint density at radius 1 is 0.929 bits per heavy atom. The van der Waals surface area contributed by atoms with Crippen LogP contribution in [0.1, 0.15) is 33.6 Å². The molecule has 0 spiro atoms. The molecule has 0 aromatic heterocycles. The smallest absolute Gasteiger partial charge is 0.0701 e. The van der Waals surface area contributed by atoms with Crippen molar-refractivity contribution < 1.29 is 9.47 Å². The molecule has 0 radical (unpaired) electrons. The minimum absolute atomic E-state index is 0.644. The van der Waals surface area contributed by atoms with Crippen LogP contribution in [0.25, 0.3) is 0 Å². The number of rotatable bonds is 10. The minimum atomic E-state index is 0.644. The quantitative estimate of drug-likeness (QED) is 0.549. The fourth-order valence-electron chi connectivity index (χ4n) is 1.28. The fourth-order valence-corrected chi connectivity index (χ4v) is 1.28. The van der Waals surface area contributed by atoms with E-state index in [1.165, 1.54) is 12.8 Å². The maximum absolute atomic E-state index is 5.39. The summed E-state index contributed by atoms with van der Waals surface area (Å²) in [4.78, 5) is 0. The SMILES string of the molecule is CCOCCOCCNC(CC)CC. The van der Waals surface area contributed by atoms with Gasteiger partial charge in [-0.2, -0.15) is 0 Å². The second-order valence-corrected chi connectivity index (χ2v) is 3.28. The first-order chi connectivity index (χ1) is 6.85. The molecule has 0 saturated heterocycles. The molecule has 0 saturated carbocycles. The molecule has 0 aliphatic rings. The summed E-state index contributed by atoms with van der Waals surface area (Å²) in [6, 6.07) is 0.644. The Labute approximate surface area is 88.2 Å². The van der Waals surface area contributed by atoms with Gasteiger partial charge in [-0.05, 0) is 19.8 Å². The van der Waals surface area contributed by atoms with E-state index in [1.807, 2.05) is 6.92 Å². The topological polar surface area (TPSA) is 30.5 Å². The van der Waals surface area contributed by atoms with Crippen molar-refractivity contribution in [2.45, 2.75) is 39.7 Å². The van der Waals surface area contributed by atoms with Crippen LogP contribution in [0.15, 0.2) is 0 Å². The third-order valence-electron chi connectivity index (χ3n) is 2.24. The van der Waals surface area contributed by atoms with Crippen LogP contribution in [0.5, 0.6) is 0 Å². The monoisotopic (exact) mass is 203 g/mol. The van der Waals surface area contributed by atoms with Gasteiger partial charge in [0, 0.05) is 19.2 Å². The van der Waals surface area contributed by atoms with Crippen molar-refractivity contribution in [2.75, 3.05) is 33.0 Å². The summed E-state index contributed by atoms with van der Waals surface area (Å²) in [6.45, 7) is 10.3. The molecule has 0 amide bonds. The fraction of sp³-hybridized carbons (Fsp3) is 1.00. The molecule has 0 fully saturated rings. The van der Waals surface area contributed by atoms with Gasteiger partial charge in [0.15, 0.2) is 0 Å². The Morgan fingerprint density at radius 2 is 1.57 bits per heavy atom. The molecule has 0 aliphatic carbocycles. The van der Waals surface area contributed by atoms with E-state index >= 15 is 0 Å². The molecule has 0 unspecified atom stereocenters. The van der Waals surface area contributed by atoms with E-state index in [0.29, 0.717) is 19.3 Å². The third-order valence-corrected chi connectivity index (χ3v) is 2.24. The van der Waals surface area contributed by atoms with Gasteiger partial charge >= 0.3 is 0 Å². The van der Waals surface area contributed by atoms with Crippen LogP contribution in [-0.2, 0) is 9.47 Å². The van der Waals surface area contributed by atoms with Gasteiger partial charge in [0.2, 0.25) is 0 Å². The normalized spacial score (nSPS) is 11.1.